The largest absolute Gasteiger partial charge is 0.431 e. The van der Waals surface area contributed by atoms with Gasteiger partial charge in [-0.15, -0.1) is 10.2 Å². The lowest BCUT2D eigenvalue weighted by Gasteiger charge is -2.16. The van der Waals surface area contributed by atoms with Crippen LogP contribution in [0.4, 0.5) is 8.78 Å². The molecule has 0 amide bonds. The number of carbonyl (C=O) groups is 1. The number of aromatic nitrogens is 2. The third-order valence-corrected chi connectivity index (χ3v) is 3.85. The molecule has 150 valence electrons. The number of nitrogens with zero attached hydrogens (tertiary/aromatic N) is 3. The van der Waals surface area contributed by atoms with E-state index in [-0.39, 0.29) is 30.2 Å². The van der Waals surface area contributed by atoms with E-state index in [9.17, 15) is 13.6 Å². The molecule has 9 nitrogen and oxygen atoms in total. The summed E-state index contributed by atoms with van der Waals surface area (Å²) in [5.74, 6) is -0.881. The van der Waals surface area contributed by atoms with Crippen LogP contribution in [0.3, 0.4) is 0 Å². The maximum absolute atomic E-state index is 12.6. The van der Waals surface area contributed by atoms with E-state index >= 15 is 0 Å². The molecule has 0 radical (unpaired) electrons. The van der Waals surface area contributed by atoms with Crippen LogP contribution in [0.5, 0.6) is 11.5 Å². The molecule has 0 spiro atoms. The normalized spacial score (nSPS) is 18.5. The molecule has 1 aliphatic heterocycles. The minimum absolute atomic E-state index is 0.119. The summed E-state index contributed by atoms with van der Waals surface area (Å²) in [5.41, 5.74) is 0.0129. The van der Waals surface area contributed by atoms with Crippen LogP contribution in [0, 0.1) is 0 Å². The molecule has 2 aromatic rings. The van der Waals surface area contributed by atoms with Crippen molar-refractivity contribution in [3.8, 4) is 11.5 Å². The molecule has 11 heteroatoms. The van der Waals surface area contributed by atoms with Crippen molar-refractivity contribution in [2.75, 3.05) is 0 Å². The zero-order chi connectivity index (χ0) is 20.1. The molecule has 1 aromatic heterocycles. The highest BCUT2D eigenvalue weighted by molar-refractivity contribution is 6.02. The molecule has 2 heterocycles. The Kier molecular flexibility index (Phi) is 5.71. The summed E-state index contributed by atoms with van der Waals surface area (Å²) in [5, 5.41) is 11.5. The van der Waals surface area contributed by atoms with Crippen molar-refractivity contribution in [2.45, 2.75) is 45.3 Å². The van der Waals surface area contributed by atoms with Gasteiger partial charge in [0, 0.05) is 18.4 Å². The van der Waals surface area contributed by atoms with Crippen LogP contribution < -0.4 is 9.62 Å². The fourth-order valence-electron chi connectivity index (χ4n) is 2.50. The zero-order valence-corrected chi connectivity index (χ0v) is 15.1. The van der Waals surface area contributed by atoms with Gasteiger partial charge in [0.05, 0.1) is 5.71 Å². The first-order valence-corrected chi connectivity index (χ1v) is 8.39. The summed E-state index contributed by atoms with van der Waals surface area (Å²) in [6.07, 6.45) is 2.12. The Morgan fingerprint density at radius 2 is 2.18 bits per heavy atom. The van der Waals surface area contributed by atoms with Gasteiger partial charge in [-0.3, -0.25) is 9.78 Å². The molecule has 0 saturated carbocycles. The van der Waals surface area contributed by atoms with E-state index < -0.39 is 18.2 Å². The Morgan fingerprint density at radius 1 is 1.36 bits per heavy atom. The lowest BCUT2D eigenvalue weighted by atomic mass is 9.96. The number of benzene rings is 1. The van der Waals surface area contributed by atoms with Gasteiger partial charge in [0.15, 0.2) is 5.75 Å². The smallest absolute Gasteiger partial charge is 0.387 e. The predicted octanol–water partition coefficient (Wildman–Crippen LogP) is 3.35. The molecule has 1 atom stereocenters. The molecule has 3 rings (SSSR count). The molecule has 1 unspecified atom stereocenters. The SMILES string of the molecule is CCCC(=O)OOc1cc(C2=NOC(C)(c3nnco3)C2)ccc1OC(F)F. The third kappa shape index (κ3) is 4.35. The van der Waals surface area contributed by atoms with E-state index in [1.807, 2.05) is 0 Å². The van der Waals surface area contributed by atoms with Crippen molar-refractivity contribution >= 4 is 11.7 Å². The fraction of sp³-hybridized carbons (Fsp3) is 0.412. The lowest BCUT2D eigenvalue weighted by molar-refractivity contribution is -0.214. The van der Waals surface area contributed by atoms with Gasteiger partial charge in [0.25, 0.3) is 5.89 Å². The van der Waals surface area contributed by atoms with Crippen LogP contribution in [-0.4, -0.2) is 28.5 Å². The number of alkyl halides is 2. The summed E-state index contributed by atoms with van der Waals surface area (Å²) in [7, 11) is 0. The van der Waals surface area contributed by atoms with Gasteiger partial charge in [-0.05, 0) is 31.5 Å². The first-order chi connectivity index (χ1) is 13.4. The van der Waals surface area contributed by atoms with E-state index in [1.165, 1.54) is 24.6 Å². The number of rotatable bonds is 8. The van der Waals surface area contributed by atoms with E-state index in [1.54, 1.807) is 13.8 Å². The van der Waals surface area contributed by atoms with Gasteiger partial charge < -0.3 is 14.0 Å². The van der Waals surface area contributed by atoms with Crippen LogP contribution in [0.2, 0.25) is 0 Å². The maximum atomic E-state index is 12.6. The Bertz CT molecular complexity index is 859. The van der Waals surface area contributed by atoms with Crippen molar-refractivity contribution in [1.82, 2.24) is 10.2 Å². The number of halogens is 2. The minimum Gasteiger partial charge on any atom is -0.431 e. The van der Waals surface area contributed by atoms with Crippen molar-refractivity contribution in [3.63, 3.8) is 0 Å². The van der Waals surface area contributed by atoms with Crippen LogP contribution in [-0.2, 0) is 20.1 Å². The van der Waals surface area contributed by atoms with E-state index in [2.05, 4.69) is 25.0 Å². The molecule has 1 aliphatic rings. The van der Waals surface area contributed by atoms with E-state index in [4.69, 9.17) is 14.1 Å². The predicted molar refractivity (Wildman–Crippen MR) is 88.6 cm³/mol. The molecule has 28 heavy (non-hydrogen) atoms. The Labute approximate surface area is 158 Å². The number of hydrogen-bond donors (Lipinski definition) is 0. The second-order valence-electron chi connectivity index (χ2n) is 6.11. The Balaban J connectivity index is 1.80. The first kappa shape index (κ1) is 19.5. The molecule has 0 fully saturated rings. The number of hydrogen-bond acceptors (Lipinski definition) is 9. The summed E-state index contributed by atoms with van der Waals surface area (Å²) in [4.78, 5) is 26.5. The number of carbonyl (C=O) groups excluding carboxylic acids is 1. The van der Waals surface area contributed by atoms with Crippen molar-refractivity contribution in [3.05, 3.63) is 36.0 Å². The Hall–Kier alpha value is -3.24. The fourth-order valence-corrected chi connectivity index (χ4v) is 2.50. The molecular weight excluding hydrogens is 380 g/mol. The van der Waals surface area contributed by atoms with Crippen molar-refractivity contribution < 1.29 is 37.3 Å². The summed E-state index contributed by atoms with van der Waals surface area (Å²) in [6.45, 7) is 0.425. The van der Waals surface area contributed by atoms with Crippen LogP contribution in [0.15, 0.2) is 34.2 Å². The summed E-state index contributed by atoms with van der Waals surface area (Å²) in [6, 6.07) is 4.12. The second kappa shape index (κ2) is 8.19. The molecule has 0 aliphatic carbocycles. The molecule has 0 bridgehead atoms. The topological polar surface area (TPSA) is 105 Å². The number of ether oxygens (including phenoxy) is 1. The average molecular weight is 397 g/mol. The highest BCUT2D eigenvalue weighted by Gasteiger charge is 2.41. The highest BCUT2D eigenvalue weighted by atomic mass is 19.3. The van der Waals surface area contributed by atoms with Crippen molar-refractivity contribution in [1.29, 1.82) is 0 Å². The van der Waals surface area contributed by atoms with Gasteiger partial charge in [-0.2, -0.15) is 8.78 Å². The van der Waals surface area contributed by atoms with E-state index in [0.717, 1.165) is 0 Å². The second-order valence-corrected chi connectivity index (χ2v) is 6.11. The highest BCUT2D eigenvalue weighted by Crippen LogP contribution is 2.37. The quantitative estimate of drug-likeness (QED) is 0.493. The average Bonchev–Trinajstić information content (AvgIpc) is 3.31. The molecular formula is C17H17F2N3O6. The van der Waals surface area contributed by atoms with Gasteiger partial charge in [-0.1, -0.05) is 12.1 Å². The standard InChI is InChI=1S/C17H17F2N3O6/c1-3-4-14(23)27-26-13-7-10(5-6-12(13)25-16(18)19)11-8-17(2,28-22-11)15-21-20-9-24-15/h5-7,9,16H,3-4,8H2,1-2H3. The number of oxime groups is 1. The zero-order valence-electron chi connectivity index (χ0n) is 15.1. The minimum atomic E-state index is -3.08. The van der Waals surface area contributed by atoms with Crippen LogP contribution in [0.25, 0.3) is 0 Å². The van der Waals surface area contributed by atoms with Gasteiger partial charge in [0.1, 0.15) is 0 Å². The maximum Gasteiger partial charge on any atom is 0.387 e. The summed E-state index contributed by atoms with van der Waals surface area (Å²) >= 11 is 0. The van der Waals surface area contributed by atoms with Crippen molar-refractivity contribution in [2.24, 2.45) is 5.16 Å². The lowest BCUT2D eigenvalue weighted by Crippen LogP contribution is -2.22. The van der Waals surface area contributed by atoms with Gasteiger partial charge in [0.2, 0.25) is 17.7 Å². The van der Waals surface area contributed by atoms with Gasteiger partial charge in [-0.25, -0.2) is 4.79 Å². The summed E-state index contributed by atoms with van der Waals surface area (Å²) < 4.78 is 34.8. The molecule has 1 aromatic carbocycles. The molecule has 0 saturated heterocycles. The van der Waals surface area contributed by atoms with Crippen LogP contribution >= 0.6 is 0 Å². The first-order valence-electron chi connectivity index (χ1n) is 8.39. The van der Waals surface area contributed by atoms with Crippen LogP contribution in [0.1, 0.15) is 44.6 Å². The molecule has 0 N–H and O–H groups in total. The third-order valence-electron chi connectivity index (χ3n) is 3.85. The van der Waals surface area contributed by atoms with Gasteiger partial charge >= 0.3 is 12.6 Å². The monoisotopic (exact) mass is 397 g/mol. The Morgan fingerprint density at radius 3 is 2.86 bits per heavy atom. The van der Waals surface area contributed by atoms with E-state index in [0.29, 0.717) is 17.7 Å².